The topological polar surface area (TPSA) is 89.8 Å². The van der Waals surface area contributed by atoms with Crippen LogP contribution in [0.5, 0.6) is 0 Å². The molecule has 1 aromatic carbocycles. The van der Waals surface area contributed by atoms with Gasteiger partial charge in [-0.2, -0.15) is 0 Å². The summed E-state index contributed by atoms with van der Waals surface area (Å²) in [5, 5.41) is 13.0. The van der Waals surface area contributed by atoms with E-state index in [9.17, 15) is 4.79 Å². The summed E-state index contributed by atoms with van der Waals surface area (Å²) in [5.41, 5.74) is 3.55. The molecule has 8 nitrogen and oxygen atoms in total. The third-order valence-corrected chi connectivity index (χ3v) is 8.10. The van der Waals surface area contributed by atoms with E-state index in [0.717, 1.165) is 46.7 Å². The van der Waals surface area contributed by atoms with Crippen molar-refractivity contribution in [3.63, 3.8) is 0 Å². The maximum atomic E-state index is 13.6. The van der Waals surface area contributed by atoms with Crippen molar-refractivity contribution in [2.75, 3.05) is 13.2 Å². The van der Waals surface area contributed by atoms with Crippen molar-refractivity contribution in [2.45, 2.75) is 44.2 Å². The first-order valence-electron chi connectivity index (χ1n) is 12.3. The molecule has 6 rings (SSSR count). The van der Waals surface area contributed by atoms with Gasteiger partial charge in [0.2, 0.25) is 0 Å². The Labute approximate surface area is 211 Å². The van der Waals surface area contributed by atoms with Crippen molar-refractivity contribution < 1.29 is 4.74 Å². The Morgan fingerprint density at radius 2 is 2.17 bits per heavy atom. The Balaban J connectivity index is 1.36. The molecule has 2 N–H and O–H groups in total. The number of rotatable bonds is 7. The predicted octanol–water partition coefficient (Wildman–Crippen LogP) is 4.02. The summed E-state index contributed by atoms with van der Waals surface area (Å²) in [4.78, 5) is 16.9. The highest BCUT2D eigenvalue weighted by atomic mass is 79.9. The van der Waals surface area contributed by atoms with Gasteiger partial charge in [-0.05, 0) is 64.9 Å². The van der Waals surface area contributed by atoms with Gasteiger partial charge in [0.05, 0.1) is 6.61 Å². The Kier molecular flexibility index (Phi) is 6.07. The number of fused-ring (bicyclic) bond motifs is 1. The first kappa shape index (κ1) is 22.7. The molecule has 182 valence electrons. The number of hydrogen-bond donors (Lipinski definition) is 2. The van der Waals surface area contributed by atoms with E-state index in [1.807, 2.05) is 36.0 Å². The van der Waals surface area contributed by atoms with E-state index in [4.69, 9.17) is 4.74 Å². The van der Waals surface area contributed by atoms with E-state index in [2.05, 4.69) is 48.6 Å². The minimum atomic E-state index is -0.0605. The highest BCUT2D eigenvalue weighted by Crippen LogP contribution is 2.42. The summed E-state index contributed by atoms with van der Waals surface area (Å²) in [5.74, 6) is 1.69. The average molecular weight is 537 g/mol. The van der Waals surface area contributed by atoms with Gasteiger partial charge >= 0.3 is 0 Å². The third-order valence-electron chi connectivity index (χ3n) is 7.47. The van der Waals surface area contributed by atoms with Crippen LogP contribution in [0.25, 0.3) is 16.6 Å². The van der Waals surface area contributed by atoms with Crippen molar-refractivity contribution in [3.8, 4) is 5.69 Å². The number of pyridine rings is 1. The number of nitrogens with one attached hydrogen (secondary N) is 2. The Morgan fingerprint density at radius 3 is 2.89 bits per heavy atom. The van der Waals surface area contributed by atoms with Crippen molar-refractivity contribution in [3.05, 3.63) is 74.8 Å². The molecular weight excluding hydrogens is 508 g/mol. The number of aryl methyl sites for hydroxylation is 1. The molecule has 1 saturated carbocycles. The van der Waals surface area contributed by atoms with Gasteiger partial charge in [0, 0.05) is 59.6 Å². The van der Waals surface area contributed by atoms with E-state index in [1.165, 1.54) is 24.8 Å². The molecule has 9 heteroatoms. The molecule has 0 spiro atoms. The van der Waals surface area contributed by atoms with E-state index in [-0.39, 0.29) is 11.5 Å². The third kappa shape index (κ3) is 4.26. The monoisotopic (exact) mass is 536 g/mol. The molecule has 3 aromatic heterocycles. The summed E-state index contributed by atoms with van der Waals surface area (Å²) in [6.07, 6.45) is 8.28. The molecule has 4 heterocycles. The second-order valence-electron chi connectivity index (χ2n) is 9.74. The lowest BCUT2D eigenvalue weighted by Crippen LogP contribution is -2.28. The molecule has 1 aliphatic carbocycles. The largest absolute Gasteiger partial charge is 0.380 e. The van der Waals surface area contributed by atoms with Crippen molar-refractivity contribution in [1.82, 2.24) is 29.6 Å². The van der Waals surface area contributed by atoms with E-state index in [0.29, 0.717) is 24.0 Å². The van der Waals surface area contributed by atoms with Crippen LogP contribution in [0.15, 0.2) is 52.1 Å². The van der Waals surface area contributed by atoms with Gasteiger partial charge in [-0.3, -0.25) is 9.36 Å². The molecular formula is C26H29BrN6O2. The minimum absolute atomic E-state index is 0.0605. The van der Waals surface area contributed by atoms with Gasteiger partial charge in [-0.1, -0.05) is 18.6 Å². The van der Waals surface area contributed by atoms with Crippen LogP contribution >= 0.6 is 15.9 Å². The second-order valence-corrected chi connectivity index (χ2v) is 10.6. The molecule has 4 aromatic rings. The molecule has 0 amide bonds. The Bertz CT molecular complexity index is 1410. The number of hydrogen-bond acceptors (Lipinski definition) is 5. The number of benzene rings is 1. The van der Waals surface area contributed by atoms with E-state index < -0.39 is 0 Å². The fourth-order valence-electron chi connectivity index (χ4n) is 5.31. The first-order valence-corrected chi connectivity index (χ1v) is 13.1. The lowest BCUT2D eigenvalue weighted by molar-refractivity contribution is 0.189. The Morgan fingerprint density at radius 1 is 1.29 bits per heavy atom. The van der Waals surface area contributed by atoms with Gasteiger partial charge in [0.15, 0.2) is 0 Å². The maximum absolute atomic E-state index is 13.6. The standard InChI is InChI=1S/C26H29BrN6O2/c1-32-15-29-31-25(32)23(16-4-2-5-16)17-6-3-7-20(10-17)33-13-22(27)21-11-19(30-24(21)26(33)34)12-28-18-8-9-35-14-18/h3,6-7,10-11,13,15-16,18,23,28,30H,2,4-5,8-9,12,14H2,1H3/t18-,23-/m1/s1. The molecule has 2 atom stereocenters. The van der Waals surface area contributed by atoms with Crippen LogP contribution in [0.1, 0.15) is 48.7 Å². The molecule has 0 unspecified atom stereocenters. The fourth-order valence-corrected chi connectivity index (χ4v) is 5.83. The molecule has 2 fully saturated rings. The summed E-state index contributed by atoms with van der Waals surface area (Å²) in [7, 11) is 2.00. The number of nitrogens with zero attached hydrogens (tertiary/aromatic N) is 4. The van der Waals surface area contributed by atoms with Gasteiger partial charge in [0.1, 0.15) is 17.7 Å². The molecule has 0 bridgehead atoms. The molecule has 35 heavy (non-hydrogen) atoms. The highest BCUT2D eigenvalue weighted by Gasteiger charge is 2.33. The smallest absolute Gasteiger partial charge is 0.279 e. The van der Waals surface area contributed by atoms with Gasteiger partial charge in [-0.25, -0.2) is 0 Å². The van der Waals surface area contributed by atoms with E-state index in [1.54, 1.807) is 10.9 Å². The predicted molar refractivity (Wildman–Crippen MR) is 138 cm³/mol. The quantitative estimate of drug-likeness (QED) is 0.372. The van der Waals surface area contributed by atoms with Gasteiger partial charge < -0.3 is 19.6 Å². The van der Waals surface area contributed by atoms with Crippen LogP contribution in [-0.4, -0.2) is 43.6 Å². The number of H-pyrrole nitrogens is 1. The van der Waals surface area contributed by atoms with Crippen molar-refractivity contribution in [1.29, 1.82) is 0 Å². The van der Waals surface area contributed by atoms with Crippen LogP contribution in [0.2, 0.25) is 0 Å². The van der Waals surface area contributed by atoms with Crippen LogP contribution in [-0.2, 0) is 18.3 Å². The zero-order chi connectivity index (χ0) is 23.9. The van der Waals surface area contributed by atoms with Crippen LogP contribution in [0, 0.1) is 5.92 Å². The minimum Gasteiger partial charge on any atom is -0.380 e. The summed E-state index contributed by atoms with van der Waals surface area (Å²) >= 11 is 3.70. The number of halogens is 1. The fraction of sp³-hybridized carbons (Fsp3) is 0.423. The summed E-state index contributed by atoms with van der Waals surface area (Å²) < 4.78 is 10.1. The van der Waals surface area contributed by atoms with E-state index >= 15 is 0 Å². The molecule has 2 aliphatic rings. The average Bonchev–Trinajstić information content (AvgIpc) is 3.58. The lowest BCUT2D eigenvalue weighted by atomic mass is 9.72. The highest BCUT2D eigenvalue weighted by molar-refractivity contribution is 9.10. The number of aromatic amines is 1. The lowest BCUT2D eigenvalue weighted by Gasteiger charge is -2.33. The molecule has 0 radical (unpaired) electrons. The second kappa shape index (κ2) is 9.37. The van der Waals surface area contributed by atoms with Gasteiger partial charge in [0.25, 0.3) is 5.56 Å². The van der Waals surface area contributed by atoms with Crippen LogP contribution in [0.4, 0.5) is 0 Å². The summed E-state index contributed by atoms with van der Waals surface area (Å²) in [6, 6.07) is 10.7. The Hall–Kier alpha value is -2.75. The molecule has 1 aliphatic heterocycles. The zero-order valence-electron chi connectivity index (χ0n) is 19.7. The van der Waals surface area contributed by atoms with Crippen molar-refractivity contribution in [2.24, 2.45) is 13.0 Å². The number of ether oxygens (including phenoxy) is 1. The SMILES string of the molecule is Cn1cnnc1[C@@H](c1cccc(-n2cc(Br)c3cc(CN[C@@H]4CCOC4)[nH]c3c2=O)c1)C1CCC1. The molecule has 1 saturated heterocycles. The first-order chi connectivity index (χ1) is 17.1. The van der Waals surface area contributed by atoms with Crippen molar-refractivity contribution >= 4 is 26.8 Å². The van der Waals surface area contributed by atoms with Crippen LogP contribution < -0.4 is 10.9 Å². The van der Waals surface area contributed by atoms with Gasteiger partial charge in [-0.15, -0.1) is 10.2 Å². The van der Waals surface area contributed by atoms with Crippen LogP contribution in [0.3, 0.4) is 0 Å². The zero-order valence-corrected chi connectivity index (χ0v) is 21.3. The summed E-state index contributed by atoms with van der Waals surface area (Å²) in [6.45, 7) is 2.21. The number of aromatic nitrogens is 5. The normalized spacial score (nSPS) is 19.3. The maximum Gasteiger partial charge on any atom is 0.279 e.